The predicted molar refractivity (Wildman–Crippen MR) is 73.9 cm³/mol. The number of aromatic nitrogens is 2. The molecule has 0 radical (unpaired) electrons. The van der Waals surface area contributed by atoms with E-state index in [-0.39, 0.29) is 18.8 Å². The monoisotopic (exact) mass is 311 g/mol. The fourth-order valence-corrected chi connectivity index (χ4v) is 2.28. The van der Waals surface area contributed by atoms with Crippen molar-refractivity contribution < 1.29 is 18.3 Å². The van der Waals surface area contributed by atoms with Crippen LogP contribution in [0.1, 0.15) is 29.7 Å². The Morgan fingerprint density at radius 2 is 2.05 bits per heavy atom. The minimum Gasteiger partial charge on any atom is -0.387 e. The Morgan fingerprint density at radius 1 is 1.36 bits per heavy atom. The Morgan fingerprint density at radius 3 is 2.68 bits per heavy atom. The maximum Gasteiger partial charge on any atom is 0.272 e. The molecule has 2 aromatic rings. The third kappa shape index (κ3) is 3.31. The zero-order chi connectivity index (χ0) is 15.7. The number of aliphatic hydroxyl groups is 1. The molecule has 7 heteroatoms. The SMILES string of the molecule is O[C@H](CNCc1cnn(C2CC2(F)F)c1)c1ccc(F)cc1. The molecule has 2 atom stereocenters. The molecular weight excluding hydrogens is 295 g/mol. The van der Waals surface area contributed by atoms with E-state index in [1.807, 2.05) is 0 Å². The van der Waals surface area contributed by atoms with Gasteiger partial charge in [-0.05, 0) is 17.7 Å². The zero-order valence-electron chi connectivity index (χ0n) is 11.7. The summed E-state index contributed by atoms with van der Waals surface area (Å²) < 4.78 is 39.9. The number of alkyl halides is 2. The van der Waals surface area contributed by atoms with Crippen molar-refractivity contribution in [2.75, 3.05) is 6.54 Å². The average Bonchev–Trinajstić information content (AvgIpc) is 2.91. The molecule has 118 valence electrons. The van der Waals surface area contributed by atoms with Gasteiger partial charge in [0.1, 0.15) is 11.9 Å². The van der Waals surface area contributed by atoms with Crippen LogP contribution in [0.4, 0.5) is 13.2 Å². The molecule has 1 aliphatic rings. The lowest BCUT2D eigenvalue weighted by Crippen LogP contribution is -2.20. The second-order valence-electron chi connectivity index (χ2n) is 5.51. The summed E-state index contributed by atoms with van der Waals surface area (Å²) in [6.45, 7) is 0.687. The van der Waals surface area contributed by atoms with Crippen molar-refractivity contribution in [2.45, 2.75) is 31.0 Å². The topological polar surface area (TPSA) is 50.1 Å². The van der Waals surface area contributed by atoms with Gasteiger partial charge in [0.2, 0.25) is 0 Å². The van der Waals surface area contributed by atoms with Crippen LogP contribution in [0.25, 0.3) is 0 Å². The molecule has 1 saturated carbocycles. The van der Waals surface area contributed by atoms with Crippen LogP contribution in [0.5, 0.6) is 0 Å². The number of nitrogens with zero attached hydrogens (tertiary/aromatic N) is 2. The van der Waals surface area contributed by atoms with E-state index in [0.29, 0.717) is 12.1 Å². The second-order valence-corrected chi connectivity index (χ2v) is 5.51. The van der Waals surface area contributed by atoms with Gasteiger partial charge in [-0.3, -0.25) is 4.68 Å². The van der Waals surface area contributed by atoms with Gasteiger partial charge in [-0.15, -0.1) is 0 Å². The van der Waals surface area contributed by atoms with Gasteiger partial charge in [0.05, 0.1) is 12.3 Å². The highest BCUT2D eigenvalue weighted by atomic mass is 19.3. The quantitative estimate of drug-likeness (QED) is 0.861. The smallest absolute Gasteiger partial charge is 0.272 e. The van der Waals surface area contributed by atoms with Crippen LogP contribution in [-0.2, 0) is 6.54 Å². The maximum absolute atomic E-state index is 12.9. The number of aliphatic hydroxyl groups excluding tert-OH is 1. The van der Waals surface area contributed by atoms with Gasteiger partial charge in [-0.1, -0.05) is 12.1 Å². The fourth-order valence-electron chi connectivity index (χ4n) is 2.28. The normalized spacial score (nSPS) is 20.8. The molecule has 1 aliphatic carbocycles. The van der Waals surface area contributed by atoms with E-state index in [9.17, 15) is 18.3 Å². The molecule has 0 spiro atoms. The second kappa shape index (κ2) is 5.73. The highest BCUT2D eigenvalue weighted by molar-refractivity contribution is 5.18. The molecule has 4 nitrogen and oxygen atoms in total. The molecule has 1 unspecified atom stereocenters. The minimum atomic E-state index is -2.64. The Kier molecular flexibility index (Phi) is 3.92. The summed E-state index contributed by atoms with van der Waals surface area (Å²) in [5, 5.41) is 16.9. The summed E-state index contributed by atoms with van der Waals surface area (Å²) >= 11 is 0. The molecule has 0 saturated heterocycles. The largest absolute Gasteiger partial charge is 0.387 e. The van der Waals surface area contributed by atoms with Crippen LogP contribution in [0.2, 0.25) is 0 Å². The lowest BCUT2D eigenvalue weighted by Gasteiger charge is -2.11. The van der Waals surface area contributed by atoms with Crippen molar-refractivity contribution in [3.05, 3.63) is 53.6 Å². The summed E-state index contributed by atoms with van der Waals surface area (Å²) in [4.78, 5) is 0. The number of hydrogen-bond donors (Lipinski definition) is 2. The molecule has 2 N–H and O–H groups in total. The third-order valence-electron chi connectivity index (χ3n) is 3.69. The first-order chi connectivity index (χ1) is 10.5. The first-order valence-electron chi connectivity index (χ1n) is 7.01. The standard InChI is InChI=1S/C15H16F3N3O/c16-12-3-1-11(2-4-12)13(22)8-19-6-10-7-20-21(9-10)14-5-15(14,17)18/h1-4,7,9,13-14,19,22H,5-6,8H2/t13-,14?/m1/s1. The number of benzene rings is 1. The summed E-state index contributed by atoms with van der Waals surface area (Å²) in [6, 6.07) is 4.80. The van der Waals surface area contributed by atoms with Gasteiger partial charge in [0.25, 0.3) is 5.92 Å². The Balaban J connectivity index is 1.48. The first-order valence-corrected chi connectivity index (χ1v) is 7.01. The van der Waals surface area contributed by atoms with Crippen LogP contribution in [0.3, 0.4) is 0 Å². The molecule has 0 bridgehead atoms. The van der Waals surface area contributed by atoms with Crippen molar-refractivity contribution in [2.24, 2.45) is 0 Å². The van der Waals surface area contributed by atoms with Crippen LogP contribution >= 0.6 is 0 Å². The fraction of sp³-hybridized carbons (Fsp3) is 0.400. The van der Waals surface area contributed by atoms with Crippen LogP contribution in [-0.4, -0.2) is 27.4 Å². The molecular formula is C15H16F3N3O. The summed E-state index contributed by atoms with van der Waals surface area (Å²) in [5.41, 5.74) is 1.39. The molecule has 1 aromatic heterocycles. The molecule has 0 aliphatic heterocycles. The number of nitrogens with one attached hydrogen (secondary N) is 1. The van der Waals surface area contributed by atoms with Gasteiger partial charge < -0.3 is 10.4 Å². The maximum atomic E-state index is 12.9. The van der Waals surface area contributed by atoms with Crippen LogP contribution in [0.15, 0.2) is 36.7 Å². The van der Waals surface area contributed by atoms with Gasteiger partial charge in [-0.25, -0.2) is 13.2 Å². The minimum absolute atomic E-state index is 0.162. The van der Waals surface area contributed by atoms with E-state index < -0.39 is 18.1 Å². The van der Waals surface area contributed by atoms with E-state index in [2.05, 4.69) is 10.4 Å². The molecule has 1 heterocycles. The van der Waals surface area contributed by atoms with Crippen LogP contribution in [0, 0.1) is 5.82 Å². The van der Waals surface area contributed by atoms with E-state index in [0.717, 1.165) is 5.56 Å². The molecule has 0 amide bonds. The molecule has 3 rings (SSSR count). The molecule has 1 fully saturated rings. The van der Waals surface area contributed by atoms with E-state index >= 15 is 0 Å². The average molecular weight is 311 g/mol. The van der Waals surface area contributed by atoms with Crippen molar-refractivity contribution in [3.8, 4) is 0 Å². The van der Waals surface area contributed by atoms with Gasteiger partial charge in [0.15, 0.2) is 0 Å². The Labute approximate surface area is 125 Å². The van der Waals surface area contributed by atoms with Crippen molar-refractivity contribution in [1.82, 2.24) is 15.1 Å². The van der Waals surface area contributed by atoms with Crippen LogP contribution < -0.4 is 5.32 Å². The highest BCUT2D eigenvalue weighted by Gasteiger charge is 2.59. The number of rotatable bonds is 6. The van der Waals surface area contributed by atoms with E-state index in [1.165, 1.54) is 35.1 Å². The van der Waals surface area contributed by atoms with E-state index in [4.69, 9.17) is 0 Å². The Bertz CT molecular complexity index is 642. The highest BCUT2D eigenvalue weighted by Crippen LogP contribution is 2.52. The lowest BCUT2D eigenvalue weighted by molar-refractivity contribution is 0.0983. The lowest BCUT2D eigenvalue weighted by atomic mass is 10.1. The van der Waals surface area contributed by atoms with Crippen molar-refractivity contribution in [3.63, 3.8) is 0 Å². The number of halogens is 3. The first kappa shape index (κ1) is 15.1. The Hall–Kier alpha value is -1.86. The predicted octanol–water partition coefficient (Wildman–Crippen LogP) is 2.43. The molecule has 22 heavy (non-hydrogen) atoms. The summed E-state index contributed by atoms with van der Waals surface area (Å²) in [7, 11) is 0. The zero-order valence-corrected chi connectivity index (χ0v) is 11.7. The van der Waals surface area contributed by atoms with Gasteiger partial charge >= 0.3 is 0 Å². The summed E-state index contributed by atoms with van der Waals surface area (Å²) in [6.07, 6.45) is 2.20. The molecule has 1 aromatic carbocycles. The van der Waals surface area contributed by atoms with Gasteiger partial charge in [-0.2, -0.15) is 5.10 Å². The van der Waals surface area contributed by atoms with Crippen molar-refractivity contribution in [1.29, 1.82) is 0 Å². The van der Waals surface area contributed by atoms with Gasteiger partial charge in [0, 0.05) is 31.3 Å². The number of hydrogen-bond acceptors (Lipinski definition) is 3. The van der Waals surface area contributed by atoms with E-state index in [1.54, 1.807) is 6.20 Å². The summed E-state index contributed by atoms with van der Waals surface area (Å²) in [5.74, 6) is -3.00. The third-order valence-corrected chi connectivity index (χ3v) is 3.69. The van der Waals surface area contributed by atoms with Crippen molar-refractivity contribution >= 4 is 0 Å².